The van der Waals surface area contributed by atoms with Crippen molar-refractivity contribution in [1.82, 2.24) is 26.3 Å². The molecule has 0 saturated heterocycles. The third-order valence-corrected chi connectivity index (χ3v) is 11.1. The van der Waals surface area contributed by atoms with Crippen LogP contribution in [-0.4, -0.2) is 90.9 Å². The van der Waals surface area contributed by atoms with E-state index in [0.717, 1.165) is 30.4 Å². The van der Waals surface area contributed by atoms with Crippen molar-refractivity contribution in [2.24, 2.45) is 5.92 Å². The molecule has 1 aliphatic carbocycles. The molecule has 16 heteroatoms. The van der Waals surface area contributed by atoms with E-state index in [4.69, 9.17) is 9.47 Å². The van der Waals surface area contributed by atoms with Gasteiger partial charge in [-0.2, -0.15) is 0 Å². The summed E-state index contributed by atoms with van der Waals surface area (Å²) in [6.45, 7) is 6.11. The van der Waals surface area contributed by atoms with Crippen LogP contribution in [0.2, 0.25) is 0 Å². The number of ether oxygens (including phenoxy) is 2. The predicted molar refractivity (Wildman–Crippen MR) is 248 cm³/mol. The van der Waals surface area contributed by atoms with Crippen molar-refractivity contribution in [3.8, 4) is 0 Å². The minimum atomic E-state index is -1.14. The number of hydrogen-bond donors (Lipinski definition) is 6. The molecule has 0 aliphatic heterocycles. The molecule has 0 bridgehead atoms. The van der Waals surface area contributed by atoms with E-state index in [-0.39, 0.29) is 62.9 Å². The Hall–Kier alpha value is -6.42. The number of aromatic nitrogens is 1. The Morgan fingerprint density at radius 3 is 2.22 bits per heavy atom. The monoisotopic (exact) mass is 895 g/mol. The lowest BCUT2D eigenvalue weighted by molar-refractivity contribution is -0.145. The molecule has 16 nitrogen and oxygen atoms in total. The average molecular weight is 896 g/mol. The normalized spacial score (nSPS) is 14.1. The van der Waals surface area contributed by atoms with Gasteiger partial charge in [0.25, 0.3) is 0 Å². The van der Waals surface area contributed by atoms with Gasteiger partial charge in [-0.25, -0.2) is 4.79 Å². The quantitative estimate of drug-likeness (QED) is 0.0333. The van der Waals surface area contributed by atoms with Crippen LogP contribution in [0.5, 0.6) is 0 Å². The second-order valence-electron chi connectivity index (χ2n) is 16.6. The van der Waals surface area contributed by atoms with Crippen molar-refractivity contribution in [1.29, 1.82) is 0 Å². The number of esters is 1. The molecule has 1 saturated carbocycles. The van der Waals surface area contributed by atoms with Gasteiger partial charge in [0.05, 0.1) is 18.6 Å². The topological polar surface area (TPSA) is 223 Å². The van der Waals surface area contributed by atoms with E-state index < -0.39 is 47.3 Å². The van der Waals surface area contributed by atoms with E-state index in [0.29, 0.717) is 49.2 Å². The molecule has 4 rings (SSSR count). The lowest BCUT2D eigenvalue weighted by Gasteiger charge is -2.39. The molecule has 0 spiro atoms. The van der Waals surface area contributed by atoms with Gasteiger partial charge in [0.15, 0.2) is 5.78 Å². The number of nitrogens with zero attached hydrogens (tertiary/aromatic N) is 1. The summed E-state index contributed by atoms with van der Waals surface area (Å²) < 4.78 is 10.1. The Balaban J connectivity index is 1.46. The van der Waals surface area contributed by atoms with Crippen LogP contribution in [0.3, 0.4) is 0 Å². The average Bonchev–Trinajstić information content (AvgIpc) is 3.29. The number of pyridine rings is 1. The molecule has 65 heavy (non-hydrogen) atoms. The fraction of sp³-hybridized carbons (Fsp3) is 0.469. The summed E-state index contributed by atoms with van der Waals surface area (Å²) in [6, 6.07) is 15.1. The van der Waals surface area contributed by atoms with Crippen molar-refractivity contribution in [3.63, 3.8) is 0 Å². The molecule has 1 heterocycles. The van der Waals surface area contributed by atoms with Gasteiger partial charge < -0.3 is 41.4 Å². The van der Waals surface area contributed by atoms with Crippen LogP contribution in [0.1, 0.15) is 101 Å². The number of anilines is 2. The first kappa shape index (κ1) is 51.2. The molecule has 2 atom stereocenters. The summed E-state index contributed by atoms with van der Waals surface area (Å²) in [6.07, 6.45) is 11.0. The zero-order valence-corrected chi connectivity index (χ0v) is 38.0. The third kappa shape index (κ3) is 17.9. The number of carbonyl (C=O) groups is 7. The first-order valence-electron chi connectivity index (χ1n) is 22.5. The Morgan fingerprint density at radius 2 is 1.52 bits per heavy atom. The molecule has 0 radical (unpaired) electrons. The Kier molecular flexibility index (Phi) is 21.3. The summed E-state index contributed by atoms with van der Waals surface area (Å²) in [5, 5.41) is 17.1. The Bertz CT molecular complexity index is 2070. The van der Waals surface area contributed by atoms with E-state index in [1.54, 1.807) is 68.7 Å². The van der Waals surface area contributed by atoms with Crippen LogP contribution in [0.4, 0.5) is 16.2 Å². The van der Waals surface area contributed by atoms with E-state index in [1.165, 1.54) is 13.2 Å². The number of benzene rings is 2. The number of hydrogen-bond acceptors (Lipinski definition) is 10. The number of aryl methyl sites for hydroxylation is 1. The highest BCUT2D eigenvalue weighted by atomic mass is 16.6. The second-order valence-corrected chi connectivity index (χ2v) is 16.6. The highest BCUT2D eigenvalue weighted by Crippen LogP contribution is 2.31. The maximum absolute atomic E-state index is 14.2. The molecule has 6 amide bonds. The summed E-state index contributed by atoms with van der Waals surface area (Å²) in [4.78, 5) is 97.2. The maximum Gasteiger partial charge on any atom is 0.323 e. The first-order valence-corrected chi connectivity index (χ1v) is 22.5. The molecular weight excluding hydrogens is 831 g/mol. The van der Waals surface area contributed by atoms with Crippen LogP contribution in [0.25, 0.3) is 6.08 Å². The van der Waals surface area contributed by atoms with Gasteiger partial charge in [-0.3, -0.25) is 33.8 Å². The van der Waals surface area contributed by atoms with Crippen molar-refractivity contribution < 1.29 is 43.0 Å². The molecule has 0 unspecified atom stereocenters. The third-order valence-electron chi connectivity index (χ3n) is 11.1. The summed E-state index contributed by atoms with van der Waals surface area (Å²) >= 11 is 0. The number of amides is 6. The SMILES string of the molecule is COCCOC(=O)CCC[C@H](NC(=O)[C@@H](CCCCNC(=O)/C=C/c1cccnc1)NC(=O)Cc1ccc(NC(=O)Nc2ccccc2C)cc1)C(=O)NC1(C(=O)C(C)C)CCCCC1. The van der Waals surface area contributed by atoms with Crippen molar-refractivity contribution in [3.05, 3.63) is 95.8 Å². The standard InChI is InChI=1S/C49H65N7O9/c1-34(2)45(60)49(26-9-5-10-27-49)56-47(62)41(18-12-19-44(59)65-31-30-64-4)54-46(61)40(17-8-11-29-51-42(57)25-22-37-15-13-28-50-33-37)53-43(58)32-36-20-23-38(24-21-36)52-48(63)55-39-16-7-6-14-35(39)3/h6-7,13-16,20-25,28,33-34,40-41H,5,8-12,17-19,26-27,29-32H2,1-4H3,(H,51,57)(H,53,58)(H,54,61)(H,56,62)(H2,52,55,63)/b25-22+/t40-,41+/m1/s1. The number of nitrogens with one attached hydrogen (secondary N) is 6. The lowest BCUT2D eigenvalue weighted by atomic mass is 9.75. The van der Waals surface area contributed by atoms with Crippen molar-refractivity contribution >= 4 is 58.9 Å². The number of Topliss-reactive ketones (excluding diaryl/α,β-unsaturated/α-hetero) is 1. The van der Waals surface area contributed by atoms with E-state index in [1.807, 2.05) is 31.2 Å². The number of rotatable bonds is 25. The van der Waals surface area contributed by atoms with E-state index in [9.17, 15) is 33.6 Å². The van der Waals surface area contributed by atoms with E-state index >= 15 is 0 Å². The molecule has 6 N–H and O–H groups in total. The maximum atomic E-state index is 14.2. The Morgan fingerprint density at radius 1 is 0.800 bits per heavy atom. The highest BCUT2D eigenvalue weighted by Gasteiger charge is 2.43. The molecular formula is C49H65N7O9. The van der Waals surface area contributed by atoms with E-state index in [2.05, 4.69) is 36.9 Å². The molecule has 350 valence electrons. The van der Waals surface area contributed by atoms with Crippen LogP contribution < -0.4 is 31.9 Å². The fourth-order valence-electron chi connectivity index (χ4n) is 7.56. The van der Waals surface area contributed by atoms with Gasteiger partial charge in [-0.15, -0.1) is 0 Å². The second kappa shape index (κ2) is 27.0. The van der Waals surface area contributed by atoms with Crippen molar-refractivity contribution in [2.45, 2.75) is 115 Å². The largest absolute Gasteiger partial charge is 0.463 e. The molecule has 3 aromatic rings. The minimum absolute atomic E-state index is 0.0194. The number of ketones is 1. The zero-order chi connectivity index (χ0) is 47.0. The predicted octanol–water partition coefficient (Wildman–Crippen LogP) is 5.95. The van der Waals surface area contributed by atoms with Gasteiger partial charge in [-0.1, -0.05) is 69.5 Å². The number of urea groups is 1. The highest BCUT2D eigenvalue weighted by molar-refractivity contribution is 6.00. The van der Waals surface area contributed by atoms with Gasteiger partial charge in [0.1, 0.15) is 18.7 Å². The number of para-hydroxylation sites is 1. The zero-order valence-electron chi connectivity index (χ0n) is 38.0. The Labute approximate surface area is 381 Å². The first-order chi connectivity index (χ1) is 31.3. The lowest BCUT2D eigenvalue weighted by Crippen LogP contribution is -2.62. The van der Waals surface area contributed by atoms with Gasteiger partial charge in [0, 0.05) is 55.8 Å². The van der Waals surface area contributed by atoms with Crippen LogP contribution >= 0.6 is 0 Å². The molecule has 2 aromatic carbocycles. The molecule has 1 aromatic heterocycles. The summed E-state index contributed by atoms with van der Waals surface area (Å²) in [7, 11) is 1.49. The van der Waals surface area contributed by atoms with Crippen LogP contribution in [-0.2, 0) is 44.7 Å². The van der Waals surface area contributed by atoms with Crippen LogP contribution in [0, 0.1) is 12.8 Å². The smallest absolute Gasteiger partial charge is 0.323 e. The van der Waals surface area contributed by atoms with Crippen LogP contribution in [0.15, 0.2) is 79.1 Å². The number of methoxy groups -OCH3 is 1. The summed E-state index contributed by atoms with van der Waals surface area (Å²) in [5.74, 6) is -2.80. The number of unbranched alkanes of at least 4 members (excludes halogenated alkanes) is 1. The molecule has 1 aliphatic rings. The number of carbonyl (C=O) groups excluding carboxylic acids is 7. The molecule has 1 fully saturated rings. The van der Waals surface area contributed by atoms with Gasteiger partial charge in [0.2, 0.25) is 23.6 Å². The van der Waals surface area contributed by atoms with Gasteiger partial charge in [-0.05, 0) is 98.9 Å². The summed E-state index contributed by atoms with van der Waals surface area (Å²) in [5.41, 5.74) is 2.41. The van der Waals surface area contributed by atoms with Gasteiger partial charge >= 0.3 is 12.0 Å². The minimum Gasteiger partial charge on any atom is -0.463 e. The fourth-order valence-corrected chi connectivity index (χ4v) is 7.56. The van der Waals surface area contributed by atoms with Crippen molar-refractivity contribution in [2.75, 3.05) is 37.5 Å².